The van der Waals surface area contributed by atoms with Gasteiger partial charge in [0.1, 0.15) is 5.75 Å². The van der Waals surface area contributed by atoms with E-state index in [1.54, 1.807) is 12.7 Å². The molecule has 3 unspecified atom stereocenters. The van der Waals surface area contributed by atoms with Crippen molar-refractivity contribution in [2.45, 2.75) is 38.6 Å². The number of piperidine rings is 1. The standard InChI is InChI=1S/C19H29NOS/c1-4-7-20-12-14(13-22-3)8-17-9-16-10-18(21-2)6-5-15(16)11-19(17)20/h5-6,10,14,17,19H,4,7-9,11-13H2,1-3H3. The van der Waals surface area contributed by atoms with Crippen molar-refractivity contribution in [3.8, 4) is 5.75 Å². The van der Waals surface area contributed by atoms with Crippen molar-refractivity contribution < 1.29 is 4.74 Å². The van der Waals surface area contributed by atoms with Crippen LogP contribution in [0.1, 0.15) is 30.9 Å². The number of thioether (sulfide) groups is 1. The molecule has 1 saturated heterocycles. The van der Waals surface area contributed by atoms with Crippen LogP contribution < -0.4 is 4.74 Å². The lowest BCUT2D eigenvalue weighted by molar-refractivity contribution is 0.0562. The zero-order valence-electron chi connectivity index (χ0n) is 14.2. The van der Waals surface area contributed by atoms with Crippen LogP contribution in [0.15, 0.2) is 18.2 Å². The summed E-state index contributed by atoms with van der Waals surface area (Å²) in [4.78, 5) is 2.79. The van der Waals surface area contributed by atoms with Gasteiger partial charge in [-0.3, -0.25) is 4.90 Å². The lowest BCUT2D eigenvalue weighted by atomic mass is 9.73. The normalized spacial score (nSPS) is 28.0. The summed E-state index contributed by atoms with van der Waals surface area (Å²) in [7, 11) is 1.77. The summed E-state index contributed by atoms with van der Waals surface area (Å²) in [5, 5.41) is 0. The predicted octanol–water partition coefficient (Wildman–Crippen LogP) is 3.87. The van der Waals surface area contributed by atoms with Crippen LogP contribution in [-0.4, -0.2) is 43.1 Å². The van der Waals surface area contributed by atoms with Crippen molar-refractivity contribution in [2.24, 2.45) is 11.8 Å². The molecule has 0 aromatic heterocycles. The Bertz CT molecular complexity index is 504. The van der Waals surface area contributed by atoms with Gasteiger partial charge in [0.15, 0.2) is 0 Å². The number of ether oxygens (including phenoxy) is 1. The van der Waals surface area contributed by atoms with Gasteiger partial charge in [0, 0.05) is 12.6 Å². The Morgan fingerprint density at radius 1 is 1.27 bits per heavy atom. The van der Waals surface area contributed by atoms with Crippen LogP contribution in [-0.2, 0) is 12.8 Å². The SMILES string of the molecule is CCCN1CC(CSC)CC2Cc3cc(OC)ccc3CC21. The fourth-order valence-electron chi connectivity index (χ4n) is 4.47. The highest BCUT2D eigenvalue weighted by Gasteiger charge is 2.38. The third-order valence-corrected chi connectivity index (χ3v) is 6.18. The molecular formula is C19H29NOS. The molecule has 0 N–H and O–H groups in total. The number of nitrogens with zero attached hydrogens (tertiary/aromatic N) is 1. The summed E-state index contributed by atoms with van der Waals surface area (Å²) in [6.45, 7) is 4.88. The summed E-state index contributed by atoms with van der Waals surface area (Å²) >= 11 is 2.01. The molecule has 1 fully saturated rings. The van der Waals surface area contributed by atoms with Crippen LogP contribution in [0.4, 0.5) is 0 Å². The van der Waals surface area contributed by atoms with Crippen LogP contribution in [0.2, 0.25) is 0 Å². The van der Waals surface area contributed by atoms with Gasteiger partial charge in [-0.1, -0.05) is 13.0 Å². The molecule has 0 radical (unpaired) electrons. The first-order chi connectivity index (χ1) is 10.7. The molecule has 3 heteroatoms. The van der Waals surface area contributed by atoms with E-state index in [2.05, 4.69) is 36.3 Å². The molecule has 1 heterocycles. The number of benzene rings is 1. The maximum absolute atomic E-state index is 5.42. The van der Waals surface area contributed by atoms with E-state index >= 15 is 0 Å². The van der Waals surface area contributed by atoms with Crippen LogP contribution in [0.5, 0.6) is 5.75 Å². The molecule has 22 heavy (non-hydrogen) atoms. The summed E-state index contributed by atoms with van der Waals surface area (Å²) < 4.78 is 5.42. The monoisotopic (exact) mass is 319 g/mol. The molecule has 2 aliphatic rings. The second-order valence-corrected chi connectivity index (χ2v) is 7.83. The molecule has 3 rings (SSSR count). The van der Waals surface area contributed by atoms with Crippen molar-refractivity contribution in [3.63, 3.8) is 0 Å². The fourth-order valence-corrected chi connectivity index (χ4v) is 5.18. The summed E-state index contributed by atoms with van der Waals surface area (Å²) in [5.41, 5.74) is 3.08. The maximum Gasteiger partial charge on any atom is 0.119 e. The molecule has 2 nitrogen and oxygen atoms in total. The highest BCUT2D eigenvalue weighted by Crippen LogP contribution is 2.38. The Balaban J connectivity index is 1.82. The van der Waals surface area contributed by atoms with E-state index in [-0.39, 0.29) is 0 Å². The molecule has 122 valence electrons. The number of methoxy groups -OCH3 is 1. The quantitative estimate of drug-likeness (QED) is 0.817. The number of rotatable bonds is 5. The first-order valence-electron chi connectivity index (χ1n) is 8.64. The Labute approximate surface area is 139 Å². The second-order valence-electron chi connectivity index (χ2n) is 6.92. The van der Waals surface area contributed by atoms with E-state index in [0.29, 0.717) is 0 Å². The van der Waals surface area contributed by atoms with E-state index in [0.717, 1.165) is 23.6 Å². The fraction of sp³-hybridized carbons (Fsp3) is 0.684. The highest BCUT2D eigenvalue weighted by molar-refractivity contribution is 7.98. The number of fused-ring (bicyclic) bond motifs is 2. The first kappa shape index (κ1) is 16.2. The third kappa shape index (κ3) is 3.30. The van der Waals surface area contributed by atoms with Gasteiger partial charge in [-0.25, -0.2) is 0 Å². The average molecular weight is 320 g/mol. The lowest BCUT2D eigenvalue weighted by Crippen LogP contribution is -2.52. The van der Waals surface area contributed by atoms with Gasteiger partial charge in [-0.05, 0) is 79.3 Å². The van der Waals surface area contributed by atoms with Crippen molar-refractivity contribution in [2.75, 3.05) is 32.2 Å². The van der Waals surface area contributed by atoms with Gasteiger partial charge in [-0.2, -0.15) is 11.8 Å². The number of hydrogen-bond acceptors (Lipinski definition) is 3. The molecule has 1 aromatic rings. The Kier molecular flexibility index (Phi) is 5.35. The topological polar surface area (TPSA) is 12.5 Å². The highest BCUT2D eigenvalue weighted by atomic mass is 32.2. The van der Waals surface area contributed by atoms with Crippen molar-refractivity contribution >= 4 is 11.8 Å². The summed E-state index contributed by atoms with van der Waals surface area (Å²) in [5.74, 6) is 4.03. The number of hydrogen-bond donors (Lipinski definition) is 0. The minimum atomic E-state index is 0.763. The van der Waals surface area contributed by atoms with E-state index in [4.69, 9.17) is 4.74 Å². The van der Waals surface area contributed by atoms with Crippen molar-refractivity contribution in [3.05, 3.63) is 29.3 Å². The molecule has 0 amide bonds. The van der Waals surface area contributed by atoms with E-state index < -0.39 is 0 Å². The van der Waals surface area contributed by atoms with Gasteiger partial charge in [0.25, 0.3) is 0 Å². The van der Waals surface area contributed by atoms with Gasteiger partial charge < -0.3 is 4.74 Å². The molecule has 3 atom stereocenters. The minimum absolute atomic E-state index is 0.763. The zero-order valence-corrected chi connectivity index (χ0v) is 15.0. The Morgan fingerprint density at radius 2 is 2.14 bits per heavy atom. The van der Waals surface area contributed by atoms with Crippen molar-refractivity contribution in [1.29, 1.82) is 0 Å². The van der Waals surface area contributed by atoms with Gasteiger partial charge in [0.05, 0.1) is 7.11 Å². The molecule has 0 spiro atoms. The third-order valence-electron chi connectivity index (χ3n) is 5.38. The van der Waals surface area contributed by atoms with Crippen LogP contribution in [0, 0.1) is 11.8 Å². The van der Waals surface area contributed by atoms with E-state index in [1.807, 2.05) is 11.8 Å². The lowest BCUT2D eigenvalue weighted by Gasteiger charge is -2.47. The van der Waals surface area contributed by atoms with Crippen LogP contribution in [0.3, 0.4) is 0 Å². The molecular weight excluding hydrogens is 290 g/mol. The molecule has 1 aromatic carbocycles. The molecule has 1 aliphatic heterocycles. The molecule has 0 bridgehead atoms. The Morgan fingerprint density at radius 3 is 2.86 bits per heavy atom. The largest absolute Gasteiger partial charge is 0.497 e. The van der Waals surface area contributed by atoms with Gasteiger partial charge in [-0.15, -0.1) is 0 Å². The molecule has 0 saturated carbocycles. The Hall–Kier alpha value is -0.670. The smallest absolute Gasteiger partial charge is 0.119 e. The summed E-state index contributed by atoms with van der Waals surface area (Å²) in [6, 6.07) is 7.46. The zero-order chi connectivity index (χ0) is 15.5. The van der Waals surface area contributed by atoms with Gasteiger partial charge in [0.2, 0.25) is 0 Å². The average Bonchev–Trinajstić information content (AvgIpc) is 2.53. The molecule has 1 aliphatic carbocycles. The second kappa shape index (κ2) is 7.27. The van der Waals surface area contributed by atoms with Crippen LogP contribution in [0.25, 0.3) is 0 Å². The van der Waals surface area contributed by atoms with E-state index in [1.165, 1.54) is 50.1 Å². The predicted molar refractivity (Wildman–Crippen MR) is 96.0 cm³/mol. The summed E-state index contributed by atoms with van der Waals surface area (Å²) in [6.07, 6.45) is 7.39. The van der Waals surface area contributed by atoms with E-state index in [9.17, 15) is 0 Å². The van der Waals surface area contributed by atoms with Crippen molar-refractivity contribution in [1.82, 2.24) is 4.90 Å². The number of likely N-dealkylation sites (tertiary alicyclic amines) is 1. The minimum Gasteiger partial charge on any atom is -0.497 e. The maximum atomic E-state index is 5.42. The van der Waals surface area contributed by atoms with Crippen LogP contribution >= 0.6 is 11.8 Å². The first-order valence-corrected chi connectivity index (χ1v) is 10.0. The van der Waals surface area contributed by atoms with Gasteiger partial charge >= 0.3 is 0 Å².